The van der Waals surface area contributed by atoms with E-state index < -0.39 is 15.6 Å². The highest BCUT2D eigenvalue weighted by atomic mass is 32.2. The molecule has 0 bridgehead atoms. The molecule has 0 aliphatic carbocycles. The predicted octanol–water partition coefficient (Wildman–Crippen LogP) is 6.03. The molecule has 0 spiro atoms. The molecule has 154 valence electrons. The Morgan fingerprint density at radius 3 is 2.37 bits per heavy atom. The minimum absolute atomic E-state index is 0.233. The molecule has 6 heteroatoms. The Kier molecular flexibility index (Phi) is 5.26. The second kappa shape index (κ2) is 7.61. The fourth-order valence-electron chi connectivity index (χ4n) is 3.31. The minimum Gasteiger partial charge on any atom is -0.354 e. The fourth-order valence-corrected chi connectivity index (χ4v) is 5.74. The molecule has 4 rings (SSSR count). The van der Waals surface area contributed by atoms with Crippen molar-refractivity contribution in [2.45, 2.75) is 41.0 Å². The van der Waals surface area contributed by atoms with Gasteiger partial charge in [-0.2, -0.15) is 0 Å². The van der Waals surface area contributed by atoms with Gasteiger partial charge in [-0.25, -0.2) is 13.1 Å². The quantitative estimate of drug-likeness (QED) is 0.410. The van der Waals surface area contributed by atoms with Crippen LogP contribution in [0.15, 0.2) is 88.0 Å². The van der Waals surface area contributed by atoms with Crippen molar-refractivity contribution in [2.24, 2.45) is 0 Å². The molecule has 3 aromatic rings. The van der Waals surface area contributed by atoms with E-state index in [0.717, 1.165) is 33.0 Å². The molecule has 0 unspecified atom stereocenters. The van der Waals surface area contributed by atoms with Crippen molar-refractivity contribution < 1.29 is 8.42 Å². The number of hydrogen-bond donors (Lipinski definition) is 2. The fraction of sp³-hybridized carbons (Fsp3) is 0.167. The Morgan fingerprint density at radius 2 is 1.60 bits per heavy atom. The van der Waals surface area contributed by atoms with Gasteiger partial charge in [0.2, 0.25) is 10.0 Å². The summed E-state index contributed by atoms with van der Waals surface area (Å²) in [6, 6.07) is 21.3. The number of sulfonamides is 1. The molecule has 0 radical (unpaired) electrons. The van der Waals surface area contributed by atoms with Crippen LogP contribution in [-0.4, -0.2) is 14.0 Å². The monoisotopic (exact) mass is 436 g/mol. The van der Waals surface area contributed by atoms with E-state index >= 15 is 0 Å². The van der Waals surface area contributed by atoms with Crippen LogP contribution in [0.2, 0.25) is 0 Å². The molecule has 4 nitrogen and oxygen atoms in total. The summed E-state index contributed by atoms with van der Waals surface area (Å²) in [6.07, 6.45) is 0. The first-order valence-corrected chi connectivity index (χ1v) is 11.9. The number of anilines is 2. The lowest BCUT2D eigenvalue weighted by Gasteiger charge is -2.22. The SMILES string of the molecule is C=C(c1cccc(S(=O)(=O)NC(C)(C)C)c1)c1ccc2c(c1)Nc1ccccc1S2. The summed E-state index contributed by atoms with van der Waals surface area (Å²) in [5.41, 5.74) is 4.05. The molecule has 0 aromatic heterocycles. The van der Waals surface area contributed by atoms with Crippen LogP contribution in [0.25, 0.3) is 5.57 Å². The van der Waals surface area contributed by atoms with Gasteiger partial charge in [-0.05, 0) is 73.9 Å². The molecular formula is C24H24N2O2S2. The lowest BCUT2D eigenvalue weighted by atomic mass is 9.99. The Balaban J connectivity index is 1.64. The van der Waals surface area contributed by atoms with Crippen molar-refractivity contribution in [3.8, 4) is 0 Å². The highest BCUT2D eigenvalue weighted by Crippen LogP contribution is 2.44. The Labute approximate surface area is 182 Å². The van der Waals surface area contributed by atoms with E-state index in [9.17, 15) is 8.42 Å². The standard InChI is InChI=1S/C24H24N2O2S2/c1-16(17-8-7-9-19(14-17)30(27,28)26-24(2,3)4)18-12-13-23-21(15-18)25-20-10-5-6-11-22(20)29-23/h5-15,25-26H,1H2,2-4H3. The molecule has 30 heavy (non-hydrogen) atoms. The number of rotatable bonds is 4. The first-order chi connectivity index (χ1) is 14.1. The van der Waals surface area contributed by atoms with E-state index in [0.29, 0.717) is 0 Å². The molecule has 1 heterocycles. The number of benzene rings is 3. The van der Waals surface area contributed by atoms with Crippen molar-refractivity contribution in [3.63, 3.8) is 0 Å². The van der Waals surface area contributed by atoms with Crippen LogP contribution in [0.3, 0.4) is 0 Å². The third kappa shape index (κ3) is 4.31. The first-order valence-electron chi connectivity index (χ1n) is 9.64. The Bertz CT molecular complexity index is 1240. The largest absolute Gasteiger partial charge is 0.354 e. The molecule has 2 N–H and O–H groups in total. The number of fused-ring (bicyclic) bond motifs is 2. The summed E-state index contributed by atoms with van der Waals surface area (Å²) in [6.45, 7) is 9.71. The van der Waals surface area contributed by atoms with Crippen LogP contribution in [0, 0.1) is 0 Å². The molecule has 0 amide bonds. The maximum Gasteiger partial charge on any atom is 0.241 e. The Morgan fingerprint density at radius 1 is 0.900 bits per heavy atom. The van der Waals surface area contributed by atoms with Crippen molar-refractivity contribution in [1.29, 1.82) is 0 Å². The summed E-state index contributed by atoms with van der Waals surface area (Å²) >= 11 is 1.73. The third-order valence-corrected chi connectivity index (χ3v) is 7.55. The van der Waals surface area contributed by atoms with E-state index in [4.69, 9.17) is 0 Å². The smallest absolute Gasteiger partial charge is 0.241 e. The van der Waals surface area contributed by atoms with Crippen molar-refractivity contribution in [2.75, 3.05) is 5.32 Å². The van der Waals surface area contributed by atoms with Crippen LogP contribution < -0.4 is 10.0 Å². The van der Waals surface area contributed by atoms with Crippen molar-refractivity contribution in [3.05, 3.63) is 84.4 Å². The summed E-state index contributed by atoms with van der Waals surface area (Å²) in [5, 5.41) is 3.48. The predicted molar refractivity (Wildman–Crippen MR) is 125 cm³/mol. The van der Waals surface area contributed by atoms with Gasteiger partial charge in [0.05, 0.1) is 16.3 Å². The molecule has 1 aliphatic heterocycles. The zero-order valence-electron chi connectivity index (χ0n) is 17.2. The number of hydrogen-bond acceptors (Lipinski definition) is 4. The molecule has 3 aromatic carbocycles. The van der Waals surface area contributed by atoms with Gasteiger partial charge in [0, 0.05) is 15.3 Å². The van der Waals surface area contributed by atoms with Gasteiger partial charge in [-0.3, -0.25) is 0 Å². The summed E-state index contributed by atoms with van der Waals surface area (Å²) in [5.74, 6) is 0. The molecule has 0 fully saturated rings. The number of nitrogens with one attached hydrogen (secondary N) is 2. The average Bonchev–Trinajstić information content (AvgIpc) is 2.69. The molecule has 0 atom stereocenters. The van der Waals surface area contributed by atoms with Gasteiger partial charge in [0.1, 0.15) is 0 Å². The minimum atomic E-state index is -3.61. The lowest BCUT2D eigenvalue weighted by molar-refractivity contribution is 0.491. The highest BCUT2D eigenvalue weighted by Gasteiger charge is 2.22. The van der Waals surface area contributed by atoms with Gasteiger partial charge >= 0.3 is 0 Å². The molecular weight excluding hydrogens is 412 g/mol. The van der Waals surface area contributed by atoms with E-state index in [1.54, 1.807) is 30.0 Å². The maximum atomic E-state index is 12.7. The Hall–Kier alpha value is -2.54. The average molecular weight is 437 g/mol. The van der Waals surface area contributed by atoms with Gasteiger partial charge in [0.25, 0.3) is 0 Å². The van der Waals surface area contributed by atoms with E-state index in [1.165, 1.54) is 4.90 Å². The molecule has 0 saturated heterocycles. The lowest BCUT2D eigenvalue weighted by Crippen LogP contribution is -2.40. The molecule has 1 aliphatic rings. The summed E-state index contributed by atoms with van der Waals surface area (Å²) in [4.78, 5) is 2.58. The van der Waals surface area contributed by atoms with E-state index in [-0.39, 0.29) is 4.90 Å². The normalized spacial score (nSPS) is 13.2. The van der Waals surface area contributed by atoms with Crippen LogP contribution in [-0.2, 0) is 10.0 Å². The first kappa shape index (κ1) is 20.7. The zero-order chi connectivity index (χ0) is 21.5. The van der Waals surface area contributed by atoms with Crippen molar-refractivity contribution >= 4 is 38.7 Å². The van der Waals surface area contributed by atoms with Gasteiger partial charge in [0.15, 0.2) is 0 Å². The second-order valence-corrected chi connectivity index (χ2v) is 11.1. The zero-order valence-corrected chi connectivity index (χ0v) is 18.8. The van der Waals surface area contributed by atoms with Crippen molar-refractivity contribution in [1.82, 2.24) is 4.72 Å². The summed E-state index contributed by atoms with van der Waals surface area (Å²) < 4.78 is 28.1. The van der Waals surface area contributed by atoms with Crippen LogP contribution in [0.1, 0.15) is 31.9 Å². The van der Waals surface area contributed by atoms with E-state index in [2.05, 4.69) is 40.9 Å². The topological polar surface area (TPSA) is 58.2 Å². The summed E-state index contributed by atoms with van der Waals surface area (Å²) in [7, 11) is -3.61. The van der Waals surface area contributed by atoms with Gasteiger partial charge in [-0.15, -0.1) is 0 Å². The van der Waals surface area contributed by atoms with Crippen LogP contribution >= 0.6 is 11.8 Å². The molecule has 0 saturated carbocycles. The highest BCUT2D eigenvalue weighted by molar-refractivity contribution is 7.99. The second-order valence-electron chi connectivity index (χ2n) is 8.30. The van der Waals surface area contributed by atoms with Crippen LogP contribution in [0.5, 0.6) is 0 Å². The number of para-hydroxylation sites is 1. The van der Waals surface area contributed by atoms with Gasteiger partial charge < -0.3 is 5.32 Å². The van der Waals surface area contributed by atoms with Gasteiger partial charge in [-0.1, -0.05) is 48.7 Å². The van der Waals surface area contributed by atoms with E-state index in [1.807, 2.05) is 45.0 Å². The maximum absolute atomic E-state index is 12.7. The van der Waals surface area contributed by atoms with Crippen LogP contribution in [0.4, 0.5) is 11.4 Å². The third-order valence-electron chi connectivity index (χ3n) is 4.64.